The molecule has 0 aliphatic carbocycles. The molecular formula is C9H6ClF3O2. The Hall–Kier alpha value is -1.23. The second-order valence-corrected chi connectivity index (χ2v) is 3.10. The minimum absolute atomic E-state index is 0.0614. The van der Waals surface area contributed by atoms with Crippen molar-refractivity contribution in [2.45, 2.75) is 13.5 Å². The van der Waals surface area contributed by atoms with Crippen LogP contribution in [0.25, 0.3) is 0 Å². The van der Waals surface area contributed by atoms with Gasteiger partial charge < -0.3 is 4.74 Å². The van der Waals surface area contributed by atoms with Gasteiger partial charge in [-0.25, -0.2) is 4.39 Å². The number of hydrogen-bond acceptors (Lipinski definition) is 2. The Morgan fingerprint density at radius 2 is 2.07 bits per heavy atom. The highest BCUT2D eigenvalue weighted by molar-refractivity contribution is 6.33. The number of ether oxygens (including phenoxy) is 1. The van der Waals surface area contributed by atoms with Crippen LogP contribution >= 0.6 is 11.6 Å². The van der Waals surface area contributed by atoms with Crippen LogP contribution in [0.1, 0.15) is 17.3 Å². The van der Waals surface area contributed by atoms with Gasteiger partial charge in [-0.1, -0.05) is 11.6 Å². The fourth-order valence-corrected chi connectivity index (χ4v) is 1.27. The molecule has 1 aromatic carbocycles. The van der Waals surface area contributed by atoms with Gasteiger partial charge >= 0.3 is 6.61 Å². The monoisotopic (exact) mass is 238 g/mol. The maximum absolute atomic E-state index is 13.0. The summed E-state index contributed by atoms with van der Waals surface area (Å²) < 4.78 is 40.5. The van der Waals surface area contributed by atoms with Crippen molar-refractivity contribution in [1.29, 1.82) is 0 Å². The number of carbonyl (C=O) groups excluding carboxylic acids is 1. The molecule has 0 heterocycles. The minimum Gasteiger partial charge on any atom is -0.432 e. The van der Waals surface area contributed by atoms with Crippen LogP contribution in [0.4, 0.5) is 13.2 Å². The molecule has 0 amide bonds. The van der Waals surface area contributed by atoms with E-state index in [1.165, 1.54) is 6.92 Å². The summed E-state index contributed by atoms with van der Waals surface area (Å²) in [5, 5.41) is -0.137. The molecule has 2 nitrogen and oxygen atoms in total. The van der Waals surface area contributed by atoms with Crippen molar-refractivity contribution in [3.63, 3.8) is 0 Å². The van der Waals surface area contributed by atoms with Gasteiger partial charge in [0.2, 0.25) is 0 Å². The average molecular weight is 239 g/mol. The van der Waals surface area contributed by atoms with Gasteiger partial charge in [-0.05, 0) is 19.1 Å². The van der Waals surface area contributed by atoms with E-state index >= 15 is 0 Å². The largest absolute Gasteiger partial charge is 0.432 e. The molecule has 15 heavy (non-hydrogen) atoms. The van der Waals surface area contributed by atoms with Gasteiger partial charge in [0.25, 0.3) is 0 Å². The first-order valence-corrected chi connectivity index (χ1v) is 4.24. The molecule has 0 saturated carbocycles. The molecule has 0 saturated heterocycles. The first kappa shape index (κ1) is 11.8. The zero-order valence-electron chi connectivity index (χ0n) is 7.56. The van der Waals surface area contributed by atoms with Gasteiger partial charge in [-0.15, -0.1) is 0 Å². The molecule has 82 valence electrons. The number of benzene rings is 1. The molecule has 0 bridgehead atoms. The maximum Gasteiger partial charge on any atom is 0.387 e. The summed E-state index contributed by atoms with van der Waals surface area (Å²) in [6, 6.07) is 1.61. The van der Waals surface area contributed by atoms with E-state index in [0.717, 1.165) is 12.1 Å². The number of Topliss-reactive ketones (excluding diaryl/α,β-unsaturated/α-hetero) is 1. The fourth-order valence-electron chi connectivity index (χ4n) is 0.985. The van der Waals surface area contributed by atoms with Crippen molar-refractivity contribution in [2.24, 2.45) is 0 Å². The zero-order chi connectivity index (χ0) is 11.6. The summed E-state index contributed by atoms with van der Waals surface area (Å²) in [5.74, 6) is -2.19. The standard InChI is InChI=1S/C9H6ClF3O2/c1-4(14)5-2-8(15-9(12)13)7(11)3-6(5)10/h2-3,9H,1H3. The van der Waals surface area contributed by atoms with E-state index in [9.17, 15) is 18.0 Å². The lowest BCUT2D eigenvalue weighted by molar-refractivity contribution is -0.0522. The third-order valence-corrected chi connectivity index (χ3v) is 1.93. The number of ketones is 1. The summed E-state index contributed by atoms with van der Waals surface area (Å²) in [6.45, 7) is -1.97. The van der Waals surface area contributed by atoms with E-state index in [1.54, 1.807) is 0 Å². The molecule has 0 aliphatic rings. The van der Waals surface area contributed by atoms with Gasteiger partial charge in [0.05, 0.1) is 5.02 Å². The van der Waals surface area contributed by atoms with Crippen LogP contribution in [0.5, 0.6) is 5.75 Å². The van der Waals surface area contributed by atoms with E-state index in [2.05, 4.69) is 4.74 Å². The predicted molar refractivity (Wildman–Crippen MR) is 48.0 cm³/mol. The molecule has 0 unspecified atom stereocenters. The Kier molecular flexibility index (Phi) is 3.57. The Balaban J connectivity index is 3.17. The minimum atomic E-state index is -3.15. The van der Waals surface area contributed by atoms with E-state index in [0.29, 0.717) is 0 Å². The summed E-state index contributed by atoms with van der Waals surface area (Å²) in [7, 11) is 0. The van der Waals surface area contributed by atoms with Crippen LogP contribution in [0.15, 0.2) is 12.1 Å². The number of alkyl halides is 2. The van der Waals surface area contributed by atoms with Crippen LogP contribution in [-0.2, 0) is 0 Å². The maximum atomic E-state index is 13.0. The second kappa shape index (κ2) is 4.53. The van der Waals surface area contributed by atoms with Crippen LogP contribution in [0, 0.1) is 5.82 Å². The van der Waals surface area contributed by atoms with Crippen LogP contribution in [0.2, 0.25) is 5.02 Å². The van der Waals surface area contributed by atoms with Crippen molar-refractivity contribution in [1.82, 2.24) is 0 Å². The smallest absolute Gasteiger partial charge is 0.387 e. The molecule has 0 aliphatic heterocycles. The molecular weight excluding hydrogens is 233 g/mol. The van der Waals surface area contributed by atoms with Gasteiger partial charge in [-0.2, -0.15) is 8.78 Å². The third-order valence-electron chi connectivity index (χ3n) is 1.62. The highest BCUT2D eigenvalue weighted by atomic mass is 35.5. The van der Waals surface area contributed by atoms with Crippen molar-refractivity contribution in [2.75, 3.05) is 0 Å². The normalized spacial score (nSPS) is 10.5. The summed E-state index contributed by atoms with van der Waals surface area (Å²) >= 11 is 5.53. The lowest BCUT2D eigenvalue weighted by atomic mass is 10.1. The lowest BCUT2D eigenvalue weighted by Gasteiger charge is -2.08. The predicted octanol–water partition coefficient (Wildman–Crippen LogP) is 3.28. The first-order valence-electron chi connectivity index (χ1n) is 3.86. The Bertz CT molecular complexity index is 393. The molecule has 0 atom stereocenters. The number of carbonyl (C=O) groups is 1. The molecule has 0 spiro atoms. The van der Waals surface area contributed by atoms with Crippen molar-refractivity contribution in [3.8, 4) is 5.75 Å². The van der Waals surface area contributed by atoms with Crippen LogP contribution < -0.4 is 4.74 Å². The average Bonchev–Trinajstić information content (AvgIpc) is 2.08. The Labute approximate surface area is 88.6 Å². The van der Waals surface area contributed by atoms with Gasteiger partial charge in [0, 0.05) is 5.56 Å². The topological polar surface area (TPSA) is 26.3 Å². The molecule has 0 radical (unpaired) electrons. The molecule has 0 aromatic heterocycles. The first-order chi connectivity index (χ1) is 6.91. The van der Waals surface area contributed by atoms with Gasteiger partial charge in [0.1, 0.15) is 0 Å². The quantitative estimate of drug-likeness (QED) is 0.756. The fraction of sp³-hybridized carbons (Fsp3) is 0.222. The number of hydrogen-bond donors (Lipinski definition) is 0. The van der Waals surface area contributed by atoms with Crippen LogP contribution in [0.3, 0.4) is 0 Å². The van der Waals surface area contributed by atoms with E-state index in [4.69, 9.17) is 11.6 Å². The van der Waals surface area contributed by atoms with Gasteiger partial charge in [0.15, 0.2) is 17.3 Å². The summed E-state index contributed by atoms with van der Waals surface area (Å²) in [4.78, 5) is 11.0. The SMILES string of the molecule is CC(=O)c1cc(OC(F)F)c(F)cc1Cl. The molecule has 1 rings (SSSR count). The van der Waals surface area contributed by atoms with E-state index in [-0.39, 0.29) is 10.6 Å². The molecule has 6 heteroatoms. The van der Waals surface area contributed by atoms with Crippen molar-refractivity contribution >= 4 is 17.4 Å². The highest BCUT2D eigenvalue weighted by Gasteiger charge is 2.15. The molecule has 0 N–H and O–H groups in total. The molecule has 0 fully saturated rings. The molecule has 1 aromatic rings. The van der Waals surface area contributed by atoms with E-state index < -0.39 is 24.0 Å². The number of halogens is 4. The summed E-state index contributed by atoms with van der Waals surface area (Å²) in [5.41, 5.74) is -0.0614. The van der Waals surface area contributed by atoms with Crippen LogP contribution in [-0.4, -0.2) is 12.4 Å². The van der Waals surface area contributed by atoms with Crippen molar-refractivity contribution < 1.29 is 22.7 Å². The number of rotatable bonds is 3. The highest BCUT2D eigenvalue weighted by Crippen LogP contribution is 2.27. The lowest BCUT2D eigenvalue weighted by Crippen LogP contribution is -2.05. The third kappa shape index (κ3) is 2.86. The zero-order valence-corrected chi connectivity index (χ0v) is 8.32. The second-order valence-electron chi connectivity index (χ2n) is 2.70. The Morgan fingerprint density at radius 1 is 1.47 bits per heavy atom. The van der Waals surface area contributed by atoms with Crippen molar-refractivity contribution in [3.05, 3.63) is 28.5 Å². The Morgan fingerprint density at radius 3 is 2.53 bits per heavy atom. The summed E-state index contributed by atoms with van der Waals surface area (Å²) in [6.07, 6.45) is 0. The van der Waals surface area contributed by atoms with E-state index in [1.807, 2.05) is 0 Å². The van der Waals surface area contributed by atoms with Gasteiger partial charge in [-0.3, -0.25) is 4.79 Å².